The molecule has 1 aromatic rings. The molecule has 1 fully saturated rings. The molecule has 0 aliphatic carbocycles. The van der Waals surface area contributed by atoms with Gasteiger partial charge in [0.25, 0.3) is 0 Å². The summed E-state index contributed by atoms with van der Waals surface area (Å²) in [5.74, 6) is 0.999. The highest BCUT2D eigenvalue weighted by molar-refractivity contribution is 5.48. The maximum absolute atomic E-state index is 4.41. The molecule has 1 aliphatic rings. The van der Waals surface area contributed by atoms with Gasteiger partial charge in [-0.05, 0) is 45.1 Å². The lowest BCUT2D eigenvalue weighted by molar-refractivity contribution is 0.264. The molecule has 1 aliphatic heterocycles. The van der Waals surface area contributed by atoms with Gasteiger partial charge < -0.3 is 15.1 Å². The van der Waals surface area contributed by atoms with Crippen molar-refractivity contribution in [3.05, 3.63) is 18.3 Å². The number of nitrogens with zero attached hydrogens (tertiary/aromatic N) is 3. The van der Waals surface area contributed by atoms with Crippen LogP contribution in [0.5, 0.6) is 0 Å². The molecule has 0 saturated carbocycles. The molecule has 0 spiro atoms. The summed E-state index contributed by atoms with van der Waals surface area (Å²) in [6, 6.07) is 4.76. The zero-order chi connectivity index (χ0) is 12.3. The van der Waals surface area contributed by atoms with E-state index in [1.807, 2.05) is 25.2 Å². The summed E-state index contributed by atoms with van der Waals surface area (Å²) in [5, 5.41) is 3.56. The van der Waals surface area contributed by atoms with Crippen LogP contribution in [0.15, 0.2) is 18.3 Å². The van der Waals surface area contributed by atoms with E-state index in [9.17, 15) is 0 Å². The van der Waals surface area contributed by atoms with E-state index in [-0.39, 0.29) is 0 Å². The van der Waals surface area contributed by atoms with E-state index < -0.39 is 0 Å². The second-order valence-electron chi connectivity index (χ2n) is 5.02. The molecule has 2 rings (SSSR count). The van der Waals surface area contributed by atoms with Gasteiger partial charge in [-0.2, -0.15) is 0 Å². The van der Waals surface area contributed by atoms with Crippen LogP contribution >= 0.6 is 0 Å². The van der Waals surface area contributed by atoms with Gasteiger partial charge in [0.15, 0.2) is 0 Å². The number of nitrogens with one attached hydrogen (secondary N) is 1. The van der Waals surface area contributed by atoms with Crippen molar-refractivity contribution in [1.82, 2.24) is 9.88 Å². The highest BCUT2D eigenvalue weighted by Crippen LogP contribution is 2.17. The molecule has 4 heteroatoms. The topological polar surface area (TPSA) is 31.4 Å². The van der Waals surface area contributed by atoms with Crippen LogP contribution in [0.1, 0.15) is 12.8 Å². The summed E-state index contributed by atoms with van der Waals surface area (Å²) in [7, 11) is 6.20. The maximum Gasteiger partial charge on any atom is 0.128 e. The van der Waals surface area contributed by atoms with Gasteiger partial charge >= 0.3 is 0 Å². The predicted molar refractivity (Wildman–Crippen MR) is 72.7 cm³/mol. The quantitative estimate of drug-likeness (QED) is 0.862. The molecule has 4 nitrogen and oxygen atoms in total. The lowest BCUT2D eigenvalue weighted by atomic mass is 10.1. The average Bonchev–Trinajstić information content (AvgIpc) is 2.33. The smallest absolute Gasteiger partial charge is 0.128 e. The van der Waals surface area contributed by atoms with Gasteiger partial charge in [-0.15, -0.1) is 0 Å². The first-order valence-electron chi connectivity index (χ1n) is 6.23. The predicted octanol–water partition coefficient (Wildman–Crippen LogP) is 1.65. The van der Waals surface area contributed by atoms with Gasteiger partial charge in [0.05, 0.1) is 11.9 Å². The van der Waals surface area contributed by atoms with Crippen molar-refractivity contribution in [3.8, 4) is 0 Å². The van der Waals surface area contributed by atoms with Crippen molar-refractivity contribution in [2.24, 2.45) is 0 Å². The molecule has 0 radical (unpaired) electrons. The summed E-state index contributed by atoms with van der Waals surface area (Å²) >= 11 is 0. The van der Waals surface area contributed by atoms with Gasteiger partial charge in [-0.3, -0.25) is 0 Å². The normalized spacial score (nSPS) is 18.1. The van der Waals surface area contributed by atoms with Crippen LogP contribution in [0.4, 0.5) is 11.5 Å². The van der Waals surface area contributed by atoms with Crippen molar-refractivity contribution in [1.29, 1.82) is 0 Å². The number of piperidine rings is 1. The first-order valence-corrected chi connectivity index (χ1v) is 6.23. The first-order chi connectivity index (χ1) is 8.15. The average molecular weight is 234 g/mol. The van der Waals surface area contributed by atoms with Crippen LogP contribution in [0.25, 0.3) is 0 Å². The van der Waals surface area contributed by atoms with Crippen LogP contribution in [-0.4, -0.2) is 50.2 Å². The molecule has 0 unspecified atom stereocenters. The van der Waals surface area contributed by atoms with Gasteiger partial charge in [0.1, 0.15) is 5.82 Å². The number of hydrogen-bond acceptors (Lipinski definition) is 4. The van der Waals surface area contributed by atoms with E-state index >= 15 is 0 Å². The van der Waals surface area contributed by atoms with Crippen molar-refractivity contribution in [3.63, 3.8) is 0 Å². The van der Waals surface area contributed by atoms with Crippen molar-refractivity contribution in [2.75, 3.05) is 44.4 Å². The SMILES string of the molecule is CN1CCC(Nc2ccc(N(C)C)nc2)CC1. The fourth-order valence-electron chi connectivity index (χ4n) is 2.12. The molecule has 0 bridgehead atoms. The third-order valence-electron chi connectivity index (χ3n) is 3.30. The minimum atomic E-state index is 0.596. The molecule has 1 saturated heterocycles. The van der Waals surface area contributed by atoms with Crippen LogP contribution in [0.3, 0.4) is 0 Å². The second kappa shape index (κ2) is 5.36. The molecule has 1 aromatic heterocycles. The van der Waals surface area contributed by atoms with Gasteiger partial charge in [-0.1, -0.05) is 0 Å². The number of anilines is 2. The summed E-state index contributed by atoms with van der Waals surface area (Å²) < 4.78 is 0. The Labute approximate surface area is 104 Å². The van der Waals surface area contributed by atoms with Crippen LogP contribution in [-0.2, 0) is 0 Å². The van der Waals surface area contributed by atoms with Crippen LogP contribution < -0.4 is 10.2 Å². The minimum absolute atomic E-state index is 0.596. The number of hydrogen-bond donors (Lipinski definition) is 1. The Morgan fingerprint density at radius 3 is 2.53 bits per heavy atom. The summed E-state index contributed by atoms with van der Waals surface area (Å²) in [4.78, 5) is 8.81. The number of rotatable bonds is 3. The lowest BCUT2D eigenvalue weighted by Crippen LogP contribution is -2.36. The summed E-state index contributed by atoms with van der Waals surface area (Å²) in [6.45, 7) is 2.36. The molecule has 17 heavy (non-hydrogen) atoms. The Bertz CT molecular complexity index is 339. The zero-order valence-electron chi connectivity index (χ0n) is 11.0. The van der Waals surface area contributed by atoms with E-state index in [0.29, 0.717) is 6.04 Å². The zero-order valence-corrected chi connectivity index (χ0v) is 11.0. The maximum atomic E-state index is 4.41. The molecule has 1 N–H and O–H groups in total. The van der Waals surface area contributed by atoms with Gasteiger partial charge in [-0.25, -0.2) is 4.98 Å². The summed E-state index contributed by atoms with van der Waals surface area (Å²) in [5.41, 5.74) is 1.13. The lowest BCUT2D eigenvalue weighted by Gasteiger charge is -2.30. The van der Waals surface area contributed by atoms with E-state index in [2.05, 4.69) is 34.4 Å². The van der Waals surface area contributed by atoms with E-state index in [4.69, 9.17) is 0 Å². The van der Waals surface area contributed by atoms with E-state index in [0.717, 1.165) is 11.5 Å². The van der Waals surface area contributed by atoms with Crippen LogP contribution in [0.2, 0.25) is 0 Å². The molecule has 0 atom stereocenters. The Morgan fingerprint density at radius 1 is 1.29 bits per heavy atom. The second-order valence-corrected chi connectivity index (χ2v) is 5.02. The molecular formula is C13H22N4. The highest BCUT2D eigenvalue weighted by atomic mass is 15.1. The Morgan fingerprint density at radius 2 is 2.00 bits per heavy atom. The van der Waals surface area contributed by atoms with Gasteiger partial charge in [0, 0.05) is 20.1 Å². The van der Waals surface area contributed by atoms with Crippen LogP contribution in [0, 0.1) is 0 Å². The molecular weight excluding hydrogens is 212 g/mol. The first kappa shape index (κ1) is 12.2. The Balaban J connectivity index is 1.90. The fourth-order valence-corrected chi connectivity index (χ4v) is 2.12. The highest BCUT2D eigenvalue weighted by Gasteiger charge is 2.16. The number of likely N-dealkylation sites (tertiary alicyclic amines) is 1. The van der Waals surface area contributed by atoms with Crippen molar-refractivity contribution >= 4 is 11.5 Å². The number of aromatic nitrogens is 1. The van der Waals surface area contributed by atoms with Gasteiger partial charge in [0.2, 0.25) is 0 Å². The number of pyridine rings is 1. The van der Waals surface area contributed by atoms with E-state index in [1.54, 1.807) is 0 Å². The Kier molecular flexibility index (Phi) is 3.84. The van der Waals surface area contributed by atoms with E-state index in [1.165, 1.54) is 25.9 Å². The molecule has 2 heterocycles. The third-order valence-corrected chi connectivity index (χ3v) is 3.30. The Hall–Kier alpha value is -1.29. The molecule has 0 amide bonds. The monoisotopic (exact) mass is 234 g/mol. The van der Waals surface area contributed by atoms with Crippen molar-refractivity contribution in [2.45, 2.75) is 18.9 Å². The standard InChI is InChI=1S/C13H22N4/c1-16(2)13-5-4-12(10-14-13)15-11-6-8-17(3)9-7-11/h4-5,10-11,15H,6-9H2,1-3H3. The molecule has 0 aromatic carbocycles. The largest absolute Gasteiger partial charge is 0.381 e. The third kappa shape index (κ3) is 3.33. The summed E-state index contributed by atoms with van der Waals surface area (Å²) in [6.07, 6.45) is 4.35. The minimum Gasteiger partial charge on any atom is -0.381 e. The fraction of sp³-hybridized carbons (Fsp3) is 0.615. The molecule has 94 valence electrons. The van der Waals surface area contributed by atoms with Crippen molar-refractivity contribution < 1.29 is 0 Å².